The highest BCUT2D eigenvalue weighted by Gasteiger charge is 2.22. The van der Waals surface area contributed by atoms with Crippen molar-refractivity contribution in [1.82, 2.24) is 9.62 Å². The number of carbonyl (C=O) groups excluding carboxylic acids is 1. The maximum Gasteiger partial charge on any atom is 0.235 e. The summed E-state index contributed by atoms with van der Waals surface area (Å²) in [7, 11) is -3.70. The van der Waals surface area contributed by atoms with Crippen molar-refractivity contribution in [2.75, 3.05) is 19.4 Å². The highest BCUT2D eigenvalue weighted by Crippen LogP contribution is 2.13. The second kappa shape index (κ2) is 9.66. The van der Waals surface area contributed by atoms with Crippen LogP contribution in [0.25, 0.3) is 0 Å². The number of hydrogen-bond donors (Lipinski definition) is 1. The van der Waals surface area contributed by atoms with E-state index in [0.717, 1.165) is 16.1 Å². The summed E-state index contributed by atoms with van der Waals surface area (Å²) in [6.07, 6.45) is 0.991. The van der Waals surface area contributed by atoms with Crippen LogP contribution in [0.2, 0.25) is 0 Å². The zero-order valence-electron chi connectivity index (χ0n) is 16.2. The molecule has 0 fully saturated rings. The van der Waals surface area contributed by atoms with Gasteiger partial charge in [0.05, 0.1) is 18.8 Å². The molecular formula is C20H25FN2O4S. The minimum atomic E-state index is -3.70. The SMILES string of the molecule is Cc1ccc(OC[C@@H](C)NC(=O)CN(Cc2ccccc2F)S(C)(=O)=O)cc1. The van der Waals surface area contributed by atoms with Crippen molar-refractivity contribution < 1.29 is 22.3 Å². The van der Waals surface area contributed by atoms with Gasteiger partial charge in [0.15, 0.2) is 0 Å². The maximum atomic E-state index is 13.8. The van der Waals surface area contributed by atoms with Gasteiger partial charge < -0.3 is 10.1 Å². The van der Waals surface area contributed by atoms with Gasteiger partial charge in [-0.3, -0.25) is 4.79 Å². The summed E-state index contributed by atoms with van der Waals surface area (Å²) in [4.78, 5) is 12.3. The number of halogens is 1. The van der Waals surface area contributed by atoms with Crippen molar-refractivity contribution >= 4 is 15.9 Å². The molecule has 1 atom stereocenters. The number of nitrogens with one attached hydrogen (secondary N) is 1. The Bertz CT molecular complexity index is 901. The molecule has 0 aliphatic rings. The van der Waals surface area contributed by atoms with E-state index in [1.54, 1.807) is 13.0 Å². The van der Waals surface area contributed by atoms with Crippen molar-refractivity contribution in [3.8, 4) is 5.75 Å². The van der Waals surface area contributed by atoms with Crippen molar-refractivity contribution in [3.63, 3.8) is 0 Å². The predicted molar refractivity (Wildman–Crippen MR) is 106 cm³/mol. The second-order valence-corrected chi connectivity index (χ2v) is 8.70. The van der Waals surface area contributed by atoms with Gasteiger partial charge in [0, 0.05) is 12.1 Å². The first-order valence-corrected chi connectivity index (χ1v) is 10.7. The number of benzene rings is 2. The fraction of sp³-hybridized carbons (Fsp3) is 0.350. The molecule has 152 valence electrons. The van der Waals surface area contributed by atoms with E-state index in [1.807, 2.05) is 31.2 Å². The van der Waals surface area contributed by atoms with Gasteiger partial charge in [0.2, 0.25) is 15.9 Å². The summed E-state index contributed by atoms with van der Waals surface area (Å²) >= 11 is 0. The van der Waals surface area contributed by atoms with Crippen LogP contribution in [0.1, 0.15) is 18.1 Å². The number of sulfonamides is 1. The van der Waals surface area contributed by atoms with Crippen LogP contribution in [0.5, 0.6) is 5.75 Å². The van der Waals surface area contributed by atoms with Gasteiger partial charge in [-0.1, -0.05) is 35.9 Å². The third kappa shape index (κ3) is 6.94. The van der Waals surface area contributed by atoms with Crippen molar-refractivity contribution in [3.05, 3.63) is 65.5 Å². The van der Waals surface area contributed by atoms with E-state index < -0.39 is 28.3 Å². The molecule has 2 aromatic carbocycles. The Hall–Kier alpha value is -2.45. The molecule has 0 radical (unpaired) electrons. The average molecular weight is 408 g/mol. The first-order valence-electron chi connectivity index (χ1n) is 8.82. The first-order chi connectivity index (χ1) is 13.1. The van der Waals surface area contributed by atoms with Gasteiger partial charge in [-0.05, 0) is 32.0 Å². The van der Waals surface area contributed by atoms with Crippen LogP contribution in [0.15, 0.2) is 48.5 Å². The molecule has 0 saturated heterocycles. The van der Waals surface area contributed by atoms with Gasteiger partial charge >= 0.3 is 0 Å². The Morgan fingerprint density at radius 2 is 1.82 bits per heavy atom. The highest BCUT2D eigenvalue weighted by molar-refractivity contribution is 7.88. The quantitative estimate of drug-likeness (QED) is 0.692. The normalized spacial score (nSPS) is 12.6. The first kappa shape index (κ1) is 21.8. The van der Waals surface area contributed by atoms with E-state index in [4.69, 9.17) is 4.74 Å². The highest BCUT2D eigenvalue weighted by atomic mass is 32.2. The molecule has 0 bridgehead atoms. The average Bonchev–Trinajstić information content (AvgIpc) is 2.61. The monoisotopic (exact) mass is 408 g/mol. The summed E-state index contributed by atoms with van der Waals surface area (Å²) in [5.74, 6) is -0.317. The standard InChI is InChI=1S/C20H25FN2O4S/c1-15-8-10-18(11-9-15)27-14-16(2)22-20(24)13-23(28(3,25)26)12-17-6-4-5-7-19(17)21/h4-11,16H,12-14H2,1-3H3,(H,22,24)/t16-/m1/s1. The van der Waals surface area contributed by atoms with E-state index in [-0.39, 0.29) is 24.8 Å². The van der Waals surface area contributed by atoms with Crippen LogP contribution in [-0.2, 0) is 21.4 Å². The van der Waals surface area contributed by atoms with Crippen LogP contribution in [0.3, 0.4) is 0 Å². The molecule has 2 rings (SSSR count). The molecule has 1 amide bonds. The fourth-order valence-corrected chi connectivity index (χ4v) is 3.21. The molecule has 1 N–H and O–H groups in total. The summed E-state index contributed by atoms with van der Waals surface area (Å²) in [5, 5.41) is 2.70. The zero-order chi connectivity index (χ0) is 20.7. The lowest BCUT2D eigenvalue weighted by Crippen LogP contribution is -2.44. The Kier molecular flexibility index (Phi) is 7.53. The number of nitrogens with zero attached hydrogens (tertiary/aromatic N) is 1. The summed E-state index contributed by atoms with van der Waals surface area (Å²) in [6, 6.07) is 13.1. The zero-order valence-corrected chi connectivity index (χ0v) is 17.0. The van der Waals surface area contributed by atoms with Crippen LogP contribution in [0, 0.1) is 12.7 Å². The summed E-state index contributed by atoms with van der Waals surface area (Å²) in [5.41, 5.74) is 1.32. The molecule has 2 aromatic rings. The summed E-state index contributed by atoms with van der Waals surface area (Å²) in [6.45, 7) is 3.35. The number of ether oxygens (including phenoxy) is 1. The van der Waals surface area contributed by atoms with Gasteiger partial charge in [0.1, 0.15) is 18.2 Å². The summed E-state index contributed by atoms with van der Waals surface area (Å²) < 4.78 is 44.4. The van der Waals surface area contributed by atoms with E-state index in [2.05, 4.69) is 5.32 Å². The van der Waals surface area contributed by atoms with Gasteiger partial charge in [-0.25, -0.2) is 12.8 Å². The molecule has 8 heteroatoms. The molecule has 0 aliphatic carbocycles. The Balaban J connectivity index is 1.91. The molecular weight excluding hydrogens is 383 g/mol. The third-order valence-electron chi connectivity index (χ3n) is 4.02. The van der Waals surface area contributed by atoms with E-state index >= 15 is 0 Å². The van der Waals surface area contributed by atoms with E-state index in [1.165, 1.54) is 18.2 Å². The molecule has 0 unspecified atom stereocenters. The Labute approximate surface area is 165 Å². The van der Waals surface area contributed by atoms with Crippen molar-refractivity contribution in [2.24, 2.45) is 0 Å². The fourth-order valence-electron chi connectivity index (χ4n) is 2.49. The minimum Gasteiger partial charge on any atom is -0.491 e. The molecule has 0 aliphatic heterocycles. The lowest BCUT2D eigenvalue weighted by atomic mass is 10.2. The van der Waals surface area contributed by atoms with Gasteiger partial charge in [0.25, 0.3) is 0 Å². The molecule has 0 aromatic heterocycles. The minimum absolute atomic E-state index is 0.205. The predicted octanol–water partition coefficient (Wildman–Crippen LogP) is 2.48. The van der Waals surface area contributed by atoms with Gasteiger partial charge in [-0.15, -0.1) is 0 Å². The third-order valence-corrected chi connectivity index (χ3v) is 5.22. The van der Waals surface area contributed by atoms with E-state index in [0.29, 0.717) is 5.75 Å². The topological polar surface area (TPSA) is 75.7 Å². The largest absolute Gasteiger partial charge is 0.491 e. The molecule has 28 heavy (non-hydrogen) atoms. The van der Waals surface area contributed by atoms with Crippen LogP contribution < -0.4 is 10.1 Å². The number of carbonyl (C=O) groups is 1. The molecule has 0 saturated carbocycles. The maximum absolute atomic E-state index is 13.8. The van der Waals surface area contributed by atoms with Gasteiger partial charge in [-0.2, -0.15) is 4.31 Å². The van der Waals surface area contributed by atoms with Crippen LogP contribution in [0.4, 0.5) is 4.39 Å². The Morgan fingerprint density at radius 1 is 1.18 bits per heavy atom. The number of hydrogen-bond acceptors (Lipinski definition) is 4. The smallest absolute Gasteiger partial charge is 0.235 e. The van der Waals surface area contributed by atoms with E-state index in [9.17, 15) is 17.6 Å². The number of amides is 1. The molecule has 0 heterocycles. The Morgan fingerprint density at radius 3 is 2.43 bits per heavy atom. The lowest BCUT2D eigenvalue weighted by Gasteiger charge is -2.21. The molecule has 6 nitrogen and oxygen atoms in total. The lowest BCUT2D eigenvalue weighted by molar-refractivity contribution is -0.122. The van der Waals surface area contributed by atoms with Crippen LogP contribution >= 0.6 is 0 Å². The van der Waals surface area contributed by atoms with Crippen molar-refractivity contribution in [1.29, 1.82) is 0 Å². The second-order valence-electron chi connectivity index (χ2n) is 6.72. The molecule has 0 spiro atoms. The van der Waals surface area contributed by atoms with Crippen molar-refractivity contribution in [2.45, 2.75) is 26.4 Å². The number of rotatable bonds is 9. The number of aryl methyl sites for hydroxylation is 1. The van der Waals surface area contributed by atoms with Crippen LogP contribution in [-0.4, -0.2) is 44.1 Å².